The van der Waals surface area contributed by atoms with Gasteiger partial charge in [-0.2, -0.15) is 11.3 Å². The molecular formula is C15H22N4S. The zero-order chi connectivity index (χ0) is 14.5. The number of aromatic nitrogens is 2. The highest BCUT2D eigenvalue weighted by Crippen LogP contribution is 2.24. The molecule has 0 aromatic carbocycles. The molecule has 2 aromatic heterocycles. The van der Waals surface area contributed by atoms with E-state index in [-0.39, 0.29) is 0 Å². The SMILES string of the molecule is CCNc1nc(CC)nc(N(C)Cc2ccsc2)c1C. The van der Waals surface area contributed by atoms with Gasteiger partial charge in [0.2, 0.25) is 0 Å². The quantitative estimate of drug-likeness (QED) is 0.884. The Bertz CT molecular complexity index is 551. The fourth-order valence-corrected chi connectivity index (χ4v) is 2.81. The summed E-state index contributed by atoms with van der Waals surface area (Å²) in [7, 11) is 2.09. The van der Waals surface area contributed by atoms with Crippen LogP contribution in [-0.4, -0.2) is 23.6 Å². The van der Waals surface area contributed by atoms with Gasteiger partial charge in [-0.15, -0.1) is 0 Å². The Morgan fingerprint density at radius 3 is 2.70 bits per heavy atom. The first-order valence-electron chi connectivity index (χ1n) is 6.99. The molecule has 0 amide bonds. The van der Waals surface area contributed by atoms with Crippen molar-refractivity contribution in [3.63, 3.8) is 0 Å². The average molecular weight is 290 g/mol. The average Bonchev–Trinajstić information content (AvgIpc) is 2.94. The third-order valence-corrected chi connectivity index (χ3v) is 3.92. The van der Waals surface area contributed by atoms with Gasteiger partial charge in [0.15, 0.2) is 0 Å². The molecule has 2 aromatic rings. The number of thiophene rings is 1. The van der Waals surface area contributed by atoms with Gasteiger partial charge >= 0.3 is 0 Å². The summed E-state index contributed by atoms with van der Waals surface area (Å²) in [5.41, 5.74) is 2.43. The minimum Gasteiger partial charge on any atom is -0.370 e. The lowest BCUT2D eigenvalue weighted by molar-refractivity contribution is 0.850. The molecule has 20 heavy (non-hydrogen) atoms. The first-order valence-corrected chi connectivity index (χ1v) is 7.93. The molecular weight excluding hydrogens is 268 g/mol. The van der Waals surface area contributed by atoms with Crippen molar-refractivity contribution in [1.82, 2.24) is 9.97 Å². The van der Waals surface area contributed by atoms with Crippen LogP contribution in [0, 0.1) is 6.92 Å². The number of rotatable bonds is 6. The third kappa shape index (κ3) is 3.28. The summed E-state index contributed by atoms with van der Waals surface area (Å²) in [5.74, 6) is 2.85. The maximum atomic E-state index is 4.69. The van der Waals surface area contributed by atoms with Crippen LogP contribution < -0.4 is 10.2 Å². The van der Waals surface area contributed by atoms with Crippen molar-refractivity contribution >= 4 is 23.0 Å². The second-order valence-corrected chi connectivity index (χ2v) is 5.59. The molecule has 0 fully saturated rings. The van der Waals surface area contributed by atoms with Crippen LogP contribution in [0.1, 0.15) is 30.8 Å². The smallest absolute Gasteiger partial charge is 0.137 e. The fraction of sp³-hybridized carbons (Fsp3) is 0.467. The maximum Gasteiger partial charge on any atom is 0.137 e. The molecule has 0 aliphatic rings. The lowest BCUT2D eigenvalue weighted by atomic mass is 10.2. The van der Waals surface area contributed by atoms with Crippen molar-refractivity contribution < 1.29 is 0 Å². The minimum atomic E-state index is 0.845. The molecule has 1 N–H and O–H groups in total. The van der Waals surface area contributed by atoms with E-state index in [9.17, 15) is 0 Å². The van der Waals surface area contributed by atoms with Crippen molar-refractivity contribution in [1.29, 1.82) is 0 Å². The van der Waals surface area contributed by atoms with E-state index in [4.69, 9.17) is 4.98 Å². The number of anilines is 2. The second kappa shape index (κ2) is 6.70. The fourth-order valence-electron chi connectivity index (χ4n) is 2.15. The monoisotopic (exact) mass is 290 g/mol. The first-order chi connectivity index (χ1) is 9.65. The molecule has 0 saturated heterocycles. The van der Waals surface area contributed by atoms with Gasteiger partial charge in [0.05, 0.1) is 0 Å². The molecule has 0 spiro atoms. The number of aryl methyl sites for hydroxylation is 1. The van der Waals surface area contributed by atoms with Crippen LogP contribution >= 0.6 is 11.3 Å². The van der Waals surface area contributed by atoms with Crippen LogP contribution in [0.15, 0.2) is 16.8 Å². The number of hydrogen-bond donors (Lipinski definition) is 1. The molecule has 108 valence electrons. The van der Waals surface area contributed by atoms with Crippen molar-refractivity contribution in [2.45, 2.75) is 33.7 Å². The van der Waals surface area contributed by atoms with Crippen LogP contribution in [0.2, 0.25) is 0 Å². The highest BCUT2D eigenvalue weighted by Gasteiger charge is 2.13. The van der Waals surface area contributed by atoms with Gasteiger partial charge in [0.25, 0.3) is 0 Å². The summed E-state index contributed by atoms with van der Waals surface area (Å²) in [5, 5.41) is 7.62. The number of nitrogens with one attached hydrogen (secondary N) is 1. The Hall–Kier alpha value is -1.62. The number of nitrogens with zero attached hydrogens (tertiary/aromatic N) is 3. The van der Waals surface area contributed by atoms with Crippen molar-refractivity contribution in [3.05, 3.63) is 33.8 Å². The summed E-state index contributed by atoms with van der Waals surface area (Å²) in [6.45, 7) is 7.99. The van der Waals surface area contributed by atoms with E-state index < -0.39 is 0 Å². The van der Waals surface area contributed by atoms with Crippen molar-refractivity contribution in [2.75, 3.05) is 23.8 Å². The molecule has 0 aliphatic heterocycles. The van der Waals surface area contributed by atoms with Crippen LogP contribution in [0.5, 0.6) is 0 Å². The van der Waals surface area contributed by atoms with Crippen LogP contribution in [0.4, 0.5) is 11.6 Å². The van der Waals surface area contributed by atoms with Crippen molar-refractivity contribution in [2.24, 2.45) is 0 Å². The predicted molar refractivity (Wildman–Crippen MR) is 86.7 cm³/mol. The van der Waals surface area contributed by atoms with E-state index in [1.165, 1.54) is 5.56 Å². The highest BCUT2D eigenvalue weighted by molar-refractivity contribution is 7.07. The lowest BCUT2D eigenvalue weighted by Crippen LogP contribution is -2.20. The van der Waals surface area contributed by atoms with Crippen LogP contribution in [0.3, 0.4) is 0 Å². The molecule has 0 aliphatic carbocycles. The Labute approximate surface area is 124 Å². The molecule has 0 radical (unpaired) electrons. The Balaban J connectivity index is 2.31. The summed E-state index contributed by atoms with van der Waals surface area (Å²) in [6, 6.07) is 2.16. The second-order valence-electron chi connectivity index (χ2n) is 4.81. The van der Waals surface area contributed by atoms with E-state index in [0.29, 0.717) is 0 Å². The van der Waals surface area contributed by atoms with Crippen molar-refractivity contribution in [3.8, 4) is 0 Å². The van der Waals surface area contributed by atoms with Gasteiger partial charge in [0.1, 0.15) is 17.5 Å². The number of hydrogen-bond acceptors (Lipinski definition) is 5. The lowest BCUT2D eigenvalue weighted by Gasteiger charge is -2.22. The first kappa shape index (κ1) is 14.8. The summed E-state index contributed by atoms with van der Waals surface area (Å²) < 4.78 is 0. The topological polar surface area (TPSA) is 41.1 Å². The van der Waals surface area contributed by atoms with Gasteiger partial charge in [-0.1, -0.05) is 6.92 Å². The molecule has 4 nitrogen and oxygen atoms in total. The van der Waals surface area contributed by atoms with Gasteiger partial charge in [0, 0.05) is 32.1 Å². The van der Waals surface area contributed by atoms with E-state index in [1.54, 1.807) is 11.3 Å². The maximum absolute atomic E-state index is 4.69. The molecule has 2 rings (SSSR count). The summed E-state index contributed by atoms with van der Waals surface area (Å²) in [6.07, 6.45) is 0.845. The van der Waals surface area contributed by atoms with Gasteiger partial charge in [-0.25, -0.2) is 9.97 Å². The Morgan fingerprint density at radius 2 is 2.10 bits per heavy atom. The van der Waals surface area contributed by atoms with Crippen LogP contribution in [0.25, 0.3) is 0 Å². The molecule has 0 bridgehead atoms. The van der Waals surface area contributed by atoms with Gasteiger partial charge < -0.3 is 10.2 Å². The molecule has 5 heteroatoms. The Morgan fingerprint density at radius 1 is 1.30 bits per heavy atom. The standard InChI is InChI=1S/C15H22N4S/c1-5-13-17-14(16-6-2)11(3)15(18-13)19(4)9-12-7-8-20-10-12/h7-8,10H,5-6,9H2,1-4H3,(H,16,17,18). The molecule has 0 unspecified atom stereocenters. The zero-order valence-electron chi connectivity index (χ0n) is 12.6. The molecule has 2 heterocycles. The van der Waals surface area contributed by atoms with E-state index in [2.05, 4.69) is 59.8 Å². The predicted octanol–water partition coefficient (Wildman–Crippen LogP) is 3.48. The molecule has 0 saturated carbocycles. The third-order valence-electron chi connectivity index (χ3n) is 3.19. The summed E-state index contributed by atoms with van der Waals surface area (Å²) >= 11 is 1.73. The largest absolute Gasteiger partial charge is 0.370 e. The van der Waals surface area contributed by atoms with E-state index >= 15 is 0 Å². The minimum absolute atomic E-state index is 0.845. The highest BCUT2D eigenvalue weighted by atomic mass is 32.1. The normalized spacial score (nSPS) is 10.6. The zero-order valence-corrected chi connectivity index (χ0v) is 13.4. The van der Waals surface area contributed by atoms with Crippen LogP contribution in [-0.2, 0) is 13.0 Å². The van der Waals surface area contributed by atoms with E-state index in [0.717, 1.165) is 42.5 Å². The van der Waals surface area contributed by atoms with Gasteiger partial charge in [-0.3, -0.25) is 0 Å². The Kier molecular flexibility index (Phi) is 4.95. The summed E-state index contributed by atoms with van der Waals surface area (Å²) in [4.78, 5) is 11.5. The van der Waals surface area contributed by atoms with Gasteiger partial charge in [-0.05, 0) is 36.2 Å². The van der Waals surface area contributed by atoms with E-state index in [1.807, 2.05) is 0 Å². The molecule has 0 atom stereocenters.